The van der Waals surface area contributed by atoms with E-state index in [2.05, 4.69) is 0 Å². The normalized spacial score (nSPS) is 21.7. The summed E-state index contributed by atoms with van der Waals surface area (Å²) in [4.78, 5) is 0. The summed E-state index contributed by atoms with van der Waals surface area (Å²) in [5.74, 6) is -4.32. The molecule has 0 unspecified atom stereocenters. The van der Waals surface area contributed by atoms with Crippen LogP contribution in [0.1, 0.15) is 17.2 Å². The van der Waals surface area contributed by atoms with Gasteiger partial charge >= 0.3 is 0 Å². The Labute approximate surface area is 113 Å². The minimum atomic E-state index is -4.36. The number of rotatable bonds is 2. The van der Waals surface area contributed by atoms with Crippen molar-refractivity contribution in [2.45, 2.75) is 18.4 Å². The van der Waals surface area contributed by atoms with E-state index >= 15 is 0 Å². The van der Waals surface area contributed by atoms with Gasteiger partial charge in [0.25, 0.3) is 16.1 Å². The summed E-state index contributed by atoms with van der Waals surface area (Å²) in [5.41, 5.74) is -0.513. The molecule has 2 N–H and O–H groups in total. The lowest BCUT2D eigenvalue weighted by atomic mass is 10.1. The monoisotopic (exact) mass is 314 g/mol. The van der Waals surface area contributed by atoms with Gasteiger partial charge in [0.05, 0.1) is 0 Å². The molecule has 0 radical (unpaired) electrons. The van der Waals surface area contributed by atoms with Crippen LogP contribution in [0.25, 0.3) is 0 Å². The number of nitrogens with zero attached hydrogens (tertiary/aromatic N) is 1. The quantitative estimate of drug-likeness (QED) is 0.905. The van der Waals surface area contributed by atoms with Crippen LogP contribution >= 0.6 is 11.6 Å². The maximum atomic E-state index is 14.0. The van der Waals surface area contributed by atoms with Crippen molar-refractivity contribution in [1.29, 1.82) is 0 Å². The van der Waals surface area contributed by atoms with E-state index in [0.717, 1.165) is 19.2 Å². The highest BCUT2D eigenvalue weighted by atomic mass is 35.5. The smallest absolute Gasteiger partial charge is 0.216 e. The molecule has 4 nitrogen and oxygen atoms in total. The van der Waals surface area contributed by atoms with Gasteiger partial charge in [0, 0.05) is 29.6 Å². The first-order valence-electron chi connectivity index (χ1n) is 5.16. The summed E-state index contributed by atoms with van der Waals surface area (Å²) in [6.45, 7) is 0. The van der Waals surface area contributed by atoms with Gasteiger partial charge in [-0.1, -0.05) is 11.6 Å². The van der Waals surface area contributed by atoms with E-state index in [1.54, 1.807) is 0 Å². The van der Waals surface area contributed by atoms with Gasteiger partial charge in [-0.05, 0) is 12.1 Å². The Morgan fingerprint density at radius 1 is 1.47 bits per heavy atom. The average molecular weight is 315 g/mol. The second-order valence-corrected chi connectivity index (χ2v) is 6.34. The number of hydrogen-bond acceptors (Lipinski definition) is 2. The molecule has 0 bridgehead atoms. The molecular formula is C10H10ClF3N2O2S. The van der Waals surface area contributed by atoms with Gasteiger partial charge in [-0.15, -0.1) is 0 Å². The molecule has 2 rings (SSSR count). The van der Waals surface area contributed by atoms with E-state index in [1.165, 1.54) is 0 Å². The van der Waals surface area contributed by atoms with E-state index in [-0.39, 0.29) is 16.1 Å². The number of alkyl halides is 2. The Bertz CT molecular complexity index is 636. The maximum absolute atomic E-state index is 14.0. The van der Waals surface area contributed by atoms with Crippen molar-refractivity contribution in [3.63, 3.8) is 0 Å². The number of fused-ring (bicyclic) bond motifs is 1. The molecule has 0 saturated heterocycles. The van der Waals surface area contributed by atoms with Crippen LogP contribution in [-0.4, -0.2) is 25.7 Å². The van der Waals surface area contributed by atoms with Crippen molar-refractivity contribution in [3.05, 3.63) is 34.1 Å². The molecule has 19 heavy (non-hydrogen) atoms. The van der Waals surface area contributed by atoms with Crippen molar-refractivity contribution in [2.24, 2.45) is 5.14 Å². The van der Waals surface area contributed by atoms with Crippen molar-refractivity contribution < 1.29 is 21.6 Å². The Kier molecular flexibility index (Phi) is 3.33. The lowest BCUT2D eigenvalue weighted by Gasteiger charge is -2.28. The highest BCUT2D eigenvalue weighted by Gasteiger charge is 2.53. The lowest BCUT2D eigenvalue weighted by molar-refractivity contribution is -0.0450. The van der Waals surface area contributed by atoms with Crippen LogP contribution in [0.3, 0.4) is 0 Å². The summed E-state index contributed by atoms with van der Waals surface area (Å²) in [7, 11) is -3.45. The zero-order valence-electron chi connectivity index (χ0n) is 9.70. The van der Waals surface area contributed by atoms with Gasteiger partial charge < -0.3 is 0 Å². The second kappa shape index (κ2) is 4.34. The maximum Gasteiger partial charge on any atom is 0.277 e. The van der Waals surface area contributed by atoms with Crippen LogP contribution in [-0.2, 0) is 16.6 Å². The Morgan fingerprint density at radius 3 is 2.58 bits per heavy atom. The largest absolute Gasteiger partial charge is 0.277 e. The molecule has 0 fully saturated rings. The number of nitrogens with two attached hydrogens (primary N) is 1. The Balaban J connectivity index is 2.67. The Hall–Kier alpha value is -0.830. The summed E-state index contributed by atoms with van der Waals surface area (Å²) in [6, 6.07) is 0.179. The fourth-order valence-corrected chi connectivity index (χ4v) is 3.06. The van der Waals surface area contributed by atoms with E-state index in [4.69, 9.17) is 16.7 Å². The molecule has 0 saturated carbocycles. The first-order valence-corrected chi connectivity index (χ1v) is 7.04. The summed E-state index contributed by atoms with van der Waals surface area (Å²) < 4.78 is 64.3. The molecule has 9 heteroatoms. The molecular weight excluding hydrogens is 305 g/mol. The van der Waals surface area contributed by atoms with Crippen molar-refractivity contribution >= 4 is 21.8 Å². The van der Waals surface area contributed by atoms with Gasteiger partial charge in [-0.25, -0.2) is 18.3 Å². The van der Waals surface area contributed by atoms with Gasteiger partial charge in [-0.2, -0.15) is 12.7 Å². The van der Waals surface area contributed by atoms with E-state index < -0.39 is 34.4 Å². The van der Waals surface area contributed by atoms with Gasteiger partial charge in [0.15, 0.2) is 0 Å². The lowest BCUT2D eigenvalue weighted by Crippen LogP contribution is -2.42. The standard InChI is InChI=1S/C10H10ClF3N2O2S/c1-16(19(15,17)18)9-8-5(4-10(9,13)14)7(12)3-2-6(8)11/h2-3,9H,4H2,1H3,(H2,15,17,18)/t9-/m0/s1. The molecule has 1 aliphatic rings. The molecule has 1 aliphatic carbocycles. The SMILES string of the molecule is CN([C@H]1c2c(Cl)ccc(F)c2CC1(F)F)S(N)(=O)=O. The fraction of sp³-hybridized carbons (Fsp3) is 0.400. The minimum absolute atomic E-state index is 0.117. The third-order valence-corrected chi connectivity index (χ3v) is 4.44. The third-order valence-electron chi connectivity index (χ3n) is 3.10. The molecule has 0 aliphatic heterocycles. The van der Waals surface area contributed by atoms with E-state index in [9.17, 15) is 21.6 Å². The molecule has 0 amide bonds. The first kappa shape index (κ1) is 14.6. The topological polar surface area (TPSA) is 63.4 Å². The molecule has 0 spiro atoms. The summed E-state index contributed by atoms with van der Waals surface area (Å²) in [6.07, 6.45) is -0.917. The van der Waals surface area contributed by atoms with E-state index in [1.807, 2.05) is 0 Å². The van der Waals surface area contributed by atoms with Crippen LogP contribution in [0.2, 0.25) is 5.02 Å². The van der Waals surface area contributed by atoms with Crippen LogP contribution in [0.15, 0.2) is 12.1 Å². The zero-order valence-corrected chi connectivity index (χ0v) is 11.3. The second-order valence-electron chi connectivity index (χ2n) is 4.32. The third kappa shape index (κ3) is 2.33. The predicted molar refractivity (Wildman–Crippen MR) is 63.7 cm³/mol. The zero-order chi connectivity index (χ0) is 14.6. The summed E-state index contributed by atoms with van der Waals surface area (Å²) in [5, 5.41) is 4.74. The molecule has 1 aromatic rings. The van der Waals surface area contributed by atoms with Gasteiger partial charge in [0.2, 0.25) is 0 Å². The van der Waals surface area contributed by atoms with Crippen molar-refractivity contribution in [1.82, 2.24) is 4.31 Å². The fourth-order valence-electron chi connectivity index (χ4n) is 2.22. The number of hydrogen-bond donors (Lipinski definition) is 1. The molecule has 106 valence electrons. The van der Waals surface area contributed by atoms with Crippen LogP contribution in [0, 0.1) is 5.82 Å². The van der Waals surface area contributed by atoms with E-state index in [0.29, 0.717) is 4.31 Å². The highest BCUT2D eigenvalue weighted by molar-refractivity contribution is 7.86. The highest BCUT2D eigenvalue weighted by Crippen LogP contribution is 2.50. The predicted octanol–water partition coefficient (Wildman–Crippen LogP) is 1.85. The van der Waals surface area contributed by atoms with Gasteiger partial charge in [-0.3, -0.25) is 0 Å². The van der Waals surface area contributed by atoms with Gasteiger partial charge in [0.1, 0.15) is 11.9 Å². The van der Waals surface area contributed by atoms with Crippen LogP contribution in [0.4, 0.5) is 13.2 Å². The molecule has 1 atom stereocenters. The van der Waals surface area contributed by atoms with Crippen molar-refractivity contribution in [2.75, 3.05) is 7.05 Å². The number of halogens is 4. The van der Waals surface area contributed by atoms with Crippen LogP contribution in [0.5, 0.6) is 0 Å². The average Bonchev–Trinajstić information content (AvgIpc) is 2.54. The first-order chi connectivity index (χ1) is 8.55. The molecule has 0 aromatic heterocycles. The minimum Gasteiger partial charge on any atom is -0.216 e. The molecule has 0 heterocycles. The van der Waals surface area contributed by atoms with Crippen molar-refractivity contribution in [3.8, 4) is 0 Å². The van der Waals surface area contributed by atoms with Crippen LogP contribution < -0.4 is 5.14 Å². The Morgan fingerprint density at radius 2 is 2.05 bits per heavy atom. The molecule has 1 aromatic carbocycles. The number of benzene rings is 1. The summed E-state index contributed by atoms with van der Waals surface area (Å²) >= 11 is 5.80.